The molecule has 0 bridgehead atoms. The maximum absolute atomic E-state index is 12.8. The number of piperidine rings is 1. The third-order valence-corrected chi connectivity index (χ3v) is 7.88. The highest BCUT2D eigenvalue weighted by molar-refractivity contribution is 5.96. The monoisotopic (exact) mass is 470 g/mol. The summed E-state index contributed by atoms with van der Waals surface area (Å²) in [7, 11) is 2.20. The zero-order valence-electron chi connectivity index (χ0n) is 21.0. The van der Waals surface area contributed by atoms with Crippen molar-refractivity contribution in [3.05, 3.63) is 77.9 Å². The molecule has 2 aliphatic heterocycles. The highest BCUT2D eigenvalue weighted by Crippen LogP contribution is 2.25. The molecule has 0 aliphatic carbocycles. The number of hydrogen-bond donors (Lipinski definition) is 0. The van der Waals surface area contributed by atoms with E-state index in [1.165, 1.54) is 35.7 Å². The molecule has 0 spiro atoms. The number of carbonyl (C=O) groups excluding carboxylic acids is 1. The van der Waals surface area contributed by atoms with Gasteiger partial charge in [0.15, 0.2) is 5.78 Å². The molecule has 0 N–H and O–H groups in total. The summed E-state index contributed by atoms with van der Waals surface area (Å²) in [4.78, 5) is 17.7. The van der Waals surface area contributed by atoms with Crippen molar-refractivity contribution >= 4 is 16.6 Å². The Morgan fingerprint density at radius 2 is 1.74 bits per heavy atom. The molecule has 2 heterocycles. The number of nitrogens with zero attached hydrogens (tertiary/aromatic N) is 2. The summed E-state index contributed by atoms with van der Waals surface area (Å²) in [6.45, 7) is 4.24. The molecule has 4 nitrogen and oxygen atoms in total. The molecule has 1 unspecified atom stereocenters. The molecule has 3 aromatic rings. The predicted molar refractivity (Wildman–Crippen MR) is 143 cm³/mol. The van der Waals surface area contributed by atoms with E-state index in [9.17, 15) is 4.79 Å². The standard InChI is InChI=1S/C31H38N2O2/c1-32-19-7-13-27(32)12-6-16-31(34)25-10-5-14-29(22-25)35-28-17-20-33(21-18-28)23-26-11-4-9-24-8-2-3-15-30(24)26/h2-5,8-11,14-15,22,27-28H,6-7,12-13,16-21,23H2,1H3. The van der Waals surface area contributed by atoms with Gasteiger partial charge in [0.25, 0.3) is 0 Å². The van der Waals surface area contributed by atoms with Crippen LogP contribution >= 0.6 is 0 Å². The lowest BCUT2D eigenvalue weighted by molar-refractivity contribution is 0.0950. The van der Waals surface area contributed by atoms with Crippen LogP contribution in [0.15, 0.2) is 66.7 Å². The lowest BCUT2D eigenvalue weighted by Crippen LogP contribution is -2.37. The van der Waals surface area contributed by atoms with Gasteiger partial charge in [-0.15, -0.1) is 0 Å². The summed E-state index contributed by atoms with van der Waals surface area (Å²) in [6, 6.07) is 23.7. The van der Waals surface area contributed by atoms with Gasteiger partial charge in [0.1, 0.15) is 11.9 Å². The van der Waals surface area contributed by atoms with E-state index in [1.54, 1.807) is 0 Å². The molecule has 0 radical (unpaired) electrons. The highest BCUT2D eigenvalue weighted by Gasteiger charge is 2.22. The summed E-state index contributed by atoms with van der Waals surface area (Å²) >= 11 is 0. The smallest absolute Gasteiger partial charge is 0.163 e. The van der Waals surface area contributed by atoms with Crippen molar-refractivity contribution in [2.75, 3.05) is 26.7 Å². The molecule has 0 amide bonds. The van der Waals surface area contributed by atoms with Gasteiger partial charge in [0, 0.05) is 37.7 Å². The molecule has 184 valence electrons. The first-order valence-electron chi connectivity index (χ1n) is 13.3. The van der Waals surface area contributed by atoms with Crippen LogP contribution in [0.2, 0.25) is 0 Å². The summed E-state index contributed by atoms with van der Waals surface area (Å²) in [6.07, 6.45) is 7.51. The number of Topliss-reactive ketones (excluding diaryl/α,β-unsaturated/α-hetero) is 1. The SMILES string of the molecule is CN1CCCC1CCCC(=O)c1cccc(OC2CCN(Cc3cccc4ccccc34)CC2)c1. The second-order valence-electron chi connectivity index (χ2n) is 10.4. The van der Waals surface area contributed by atoms with Crippen LogP contribution in [-0.4, -0.2) is 54.4 Å². The zero-order valence-corrected chi connectivity index (χ0v) is 21.0. The van der Waals surface area contributed by atoms with E-state index in [-0.39, 0.29) is 11.9 Å². The first-order valence-corrected chi connectivity index (χ1v) is 13.3. The van der Waals surface area contributed by atoms with Crippen LogP contribution in [0.5, 0.6) is 5.75 Å². The van der Waals surface area contributed by atoms with Crippen LogP contribution in [0.1, 0.15) is 60.9 Å². The third kappa shape index (κ3) is 6.12. The molecule has 2 saturated heterocycles. The zero-order chi connectivity index (χ0) is 24.0. The summed E-state index contributed by atoms with van der Waals surface area (Å²) < 4.78 is 6.33. The lowest BCUT2D eigenvalue weighted by Gasteiger charge is -2.32. The molecule has 2 aliphatic rings. The Bertz CT molecular complexity index is 1130. The number of rotatable bonds is 9. The molecule has 0 saturated carbocycles. The molecule has 2 fully saturated rings. The van der Waals surface area contributed by atoms with Crippen LogP contribution in [0.4, 0.5) is 0 Å². The minimum absolute atomic E-state index is 0.210. The van der Waals surface area contributed by atoms with Gasteiger partial charge in [-0.1, -0.05) is 54.6 Å². The Morgan fingerprint density at radius 1 is 0.943 bits per heavy atom. The molecule has 5 rings (SSSR count). The normalized spacial score (nSPS) is 19.9. The molecule has 35 heavy (non-hydrogen) atoms. The molecular formula is C31H38N2O2. The quantitative estimate of drug-likeness (QED) is 0.342. The van der Waals surface area contributed by atoms with Gasteiger partial charge in [-0.25, -0.2) is 0 Å². The number of hydrogen-bond acceptors (Lipinski definition) is 4. The maximum Gasteiger partial charge on any atom is 0.163 e. The van der Waals surface area contributed by atoms with Crippen LogP contribution in [0, 0.1) is 0 Å². The van der Waals surface area contributed by atoms with Crippen molar-refractivity contribution in [3.8, 4) is 5.75 Å². The van der Waals surface area contributed by atoms with Gasteiger partial charge in [-0.3, -0.25) is 9.69 Å². The molecular weight excluding hydrogens is 432 g/mol. The van der Waals surface area contributed by atoms with E-state index in [2.05, 4.69) is 59.3 Å². The van der Waals surface area contributed by atoms with Crippen LogP contribution < -0.4 is 4.74 Å². The maximum atomic E-state index is 12.8. The third-order valence-electron chi connectivity index (χ3n) is 7.88. The first-order chi connectivity index (χ1) is 17.2. The second kappa shape index (κ2) is 11.4. The Morgan fingerprint density at radius 3 is 2.57 bits per heavy atom. The summed E-state index contributed by atoms with van der Waals surface area (Å²) in [5.74, 6) is 1.07. The Kier molecular flexibility index (Phi) is 7.80. The van der Waals surface area contributed by atoms with Crippen molar-refractivity contribution < 1.29 is 9.53 Å². The van der Waals surface area contributed by atoms with Gasteiger partial charge in [0.05, 0.1) is 0 Å². The number of ether oxygens (including phenoxy) is 1. The lowest BCUT2D eigenvalue weighted by atomic mass is 10.0. The van der Waals surface area contributed by atoms with E-state index in [0.29, 0.717) is 12.5 Å². The van der Waals surface area contributed by atoms with Crippen LogP contribution in [-0.2, 0) is 6.54 Å². The van der Waals surface area contributed by atoms with Gasteiger partial charge in [0.2, 0.25) is 0 Å². The van der Waals surface area contributed by atoms with Gasteiger partial charge in [-0.05, 0) is 80.6 Å². The van der Waals surface area contributed by atoms with Crippen LogP contribution in [0.25, 0.3) is 10.8 Å². The van der Waals surface area contributed by atoms with Crippen molar-refractivity contribution in [1.82, 2.24) is 9.80 Å². The average Bonchev–Trinajstić information content (AvgIpc) is 3.30. The Balaban J connectivity index is 1.10. The predicted octanol–water partition coefficient (Wildman–Crippen LogP) is 6.33. The number of carbonyl (C=O) groups is 1. The second-order valence-corrected chi connectivity index (χ2v) is 10.4. The number of fused-ring (bicyclic) bond motifs is 1. The van der Waals surface area contributed by atoms with E-state index < -0.39 is 0 Å². The van der Waals surface area contributed by atoms with E-state index in [1.807, 2.05) is 24.3 Å². The number of likely N-dealkylation sites (tertiary alicyclic amines) is 2. The fourth-order valence-corrected chi connectivity index (χ4v) is 5.78. The van der Waals surface area contributed by atoms with E-state index in [0.717, 1.165) is 56.6 Å². The van der Waals surface area contributed by atoms with Gasteiger partial charge in [-0.2, -0.15) is 0 Å². The number of ketones is 1. The minimum atomic E-state index is 0.210. The average molecular weight is 471 g/mol. The fourth-order valence-electron chi connectivity index (χ4n) is 5.78. The van der Waals surface area contributed by atoms with Crippen molar-refractivity contribution in [2.24, 2.45) is 0 Å². The number of benzene rings is 3. The molecule has 0 aromatic heterocycles. The van der Waals surface area contributed by atoms with E-state index >= 15 is 0 Å². The first kappa shape index (κ1) is 24.0. The molecule has 4 heteroatoms. The minimum Gasteiger partial charge on any atom is -0.490 e. The van der Waals surface area contributed by atoms with Crippen molar-refractivity contribution in [3.63, 3.8) is 0 Å². The topological polar surface area (TPSA) is 32.8 Å². The summed E-state index contributed by atoms with van der Waals surface area (Å²) in [5, 5.41) is 2.66. The van der Waals surface area contributed by atoms with Gasteiger partial charge < -0.3 is 9.64 Å². The Labute approximate surface area is 209 Å². The van der Waals surface area contributed by atoms with E-state index in [4.69, 9.17) is 4.74 Å². The molecule has 1 atom stereocenters. The Hall–Kier alpha value is -2.69. The highest BCUT2D eigenvalue weighted by atomic mass is 16.5. The largest absolute Gasteiger partial charge is 0.490 e. The summed E-state index contributed by atoms with van der Waals surface area (Å²) in [5.41, 5.74) is 2.18. The van der Waals surface area contributed by atoms with Crippen molar-refractivity contribution in [1.29, 1.82) is 0 Å². The van der Waals surface area contributed by atoms with Gasteiger partial charge >= 0.3 is 0 Å². The molecule has 3 aromatic carbocycles. The van der Waals surface area contributed by atoms with Crippen LogP contribution in [0.3, 0.4) is 0 Å². The fraction of sp³-hybridized carbons (Fsp3) is 0.452. The van der Waals surface area contributed by atoms with Crippen molar-refractivity contribution in [2.45, 2.75) is 63.6 Å².